The summed E-state index contributed by atoms with van der Waals surface area (Å²) in [6.07, 6.45) is 11.9. The number of hydrogen-bond donors (Lipinski definition) is 3. The minimum Gasteiger partial charge on any atom is -0.455 e. The highest BCUT2D eigenvalue weighted by molar-refractivity contribution is 5.96. The lowest BCUT2D eigenvalue weighted by Crippen LogP contribution is -2.51. The second-order valence-corrected chi connectivity index (χ2v) is 11.7. The third-order valence-corrected chi connectivity index (χ3v) is 8.58. The van der Waals surface area contributed by atoms with Crippen molar-refractivity contribution in [3.05, 3.63) is 83.4 Å². The summed E-state index contributed by atoms with van der Waals surface area (Å²) in [4.78, 5) is 22.6. The Hall–Kier alpha value is -3.42. The molecule has 198 valence electrons. The van der Waals surface area contributed by atoms with Gasteiger partial charge in [-0.2, -0.15) is 0 Å². The van der Waals surface area contributed by atoms with Crippen molar-refractivity contribution >= 4 is 16.9 Å². The highest BCUT2D eigenvalue weighted by Crippen LogP contribution is 2.35. The van der Waals surface area contributed by atoms with Gasteiger partial charge < -0.3 is 20.8 Å². The van der Waals surface area contributed by atoms with Crippen LogP contribution in [-0.2, 0) is 17.8 Å². The Kier molecular flexibility index (Phi) is 6.58. The molecule has 4 N–H and O–H groups in total. The van der Waals surface area contributed by atoms with Crippen molar-refractivity contribution in [3.63, 3.8) is 0 Å². The second kappa shape index (κ2) is 10.0. The zero-order valence-corrected chi connectivity index (χ0v) is 22.2. The summed E-state index contributed by atoms with van der Waals surface area (Å²) in [6.45, 7) is 7.78. The van der Waals surface area contributed by atoms with Crippen molar-refractivity contribution in [2.75, 3.05) is 13.1 Å². The van der Waals surface area contributed by atoms with E-state index in [0.717, 1.165) is 56.4 Å². The first-order valence-electron chi connectivity index (χ1n) is 13.8. The first-order chi connectivity index (χ1) is 18.4. The third-order valence-electron chi connectivity index (χ3n) is 8.58. The van der Waals surface area contributed by atoms with E-state index in [9.17, 15) is 4.79 Å². The number of H-pyrrole nitrogens is 1. The summed E-state index contributed by atoms with van der Waals surface area (Å²) in [5, 5.41) is 4.69. The molecule has 3 unspecified atom stereocenters. The van der Waals surface area contributed by atoms with E-state index in [1.54, 1.807) is 6.20 Å². The molecule has 0 bridgehead atoms. The number of primary amides is 1. The molecule has 7 heteroatoms. The van der Waals surface area contributed by atoms with Gasteiger partial charge >= 0.3 is 0 Å². The quantitative estimate of drug-likeness (QED) is 0.470. The van der Waals surface area contributed by atoms with Gasteiger partial charge in [-0.05, 0) is 87.2 Å². The molecular weight excluding hydrogens is 474 g/mol. The van der Waals surface area contributed by atoms with Crippen molar-refractivity contribution in [1.82, 2.24) is 20.2 Å². The average molecular weight is 512 g/mol. The van der Waals surface area contributed by atoms with Gasteiger partial charge in [0.15, 0.2) is 0 Å². The van der Waals surface area contributed by atoms with E-state index in [2.05, 4.69) is 58.3 Å². The number of rotatable bonds is 5. The van der Waals surface area contributed by atoms with Crippen LogP contribution in [-0.4, -0.2) is 45.4 Å². The number of ether oxygens (including phenoxy) is 1. The van der Waals surface area contributed by atoms with Gasteiger partial charge in [0.2, 0.25) is 0 Å². The van der Waals surface area contributed by atoms with Crippen LogP contribution in [0.3, 0.4) is 0 Å². The molecule has 1 aromatic carbocycles. The average Bonchev–Trinajstić information content (AvgIpc) is 3.34. The molecular formula is C31H37N5O2. The van der Waals surface area contributed by atoms with Gasteiger partial charge in [0.1, 0.15) is 17.2 Å². The fourth-order valence-corrected chi connectivity index (χ4v) is 6.36. The molecule has 4 heterocycles. The van der Waals surface area contributed by atoms with Gasteiger partial charge in [-0.15, -0.1) is 0 Å². The molecule has 7 nitrogen and oxygen atoms in total. The number of fused-ring (bicyclic) bond motifs is 3. The number of carbonyl (C=O) groups is 1. The monoisotopic (exact) mass is 511 g/mol. The number of amides is 1. The van der Waals surface area contributed by atoms with Gasteiger partial charge in [0, 0.05) is 36.3 Å². The maximum atomic E-state index is 12.4. The number of aromatic nitrogens is 2. The molecule has 1 fully saturated rings. The molecule has 3 atom stereocenters. The normalized spacial score (nSPS) is 25.4. The van der Waals surface area contributed by atoms with Crippen LogP contribution in [0.1, 0.15) is 44.2 Å². The lowest BCUT2D eigenvalue weighted by molar-refractivity contribution is -0.114. The molecule has 3 aliphatic rings. The van der Waals surface area contributed by atoms with E-state index < -0.39 is 5.91 Å². The van der Waals surface area contributed by atoms with Crippen molar-refractivity contribution < 1.29 is 9.53 Å². The highest BCUT2D eigenvalue weighted by Gasteiger charge is 2.35. The maximum absolute atomic E-state index is 12.4. The van der Waals surface area contributed by atoms with E-state index in [4.69, 9.17) is 10.5 Å². The number of benzene rings is 1. The summed E-state index contributed by atoms with van der Waals surface area (Å²) in [6, 6.07) is 12.8. The Morgan fingerprint density at radius 3 is 2.84 bits per heavy atom. The Labute approximate surface area is 224 Å². The van der Waals surface area contributed by atoms with Crippen molar-refractivity contribution in [2.24, 2.45) is 17.6 Å². The van der Waals surface area contributed by atoms with Crippen LogP contribution >= 0.6 is 0 Å². The molecule has 0 saturated carbocycles. The Morgan fingerprint density at radius 2 is 2.00 bits per heavy atom. The molecule has 2 aromatic heterocycles. The lowest BCUT2D eigenvalue weighted by atomic mass is 9.80. The fourth-order valence-electron chi connectivity index (χ4n) is 6.36. The number of nitrogens with zero attached hydrogens (tertiary/aromatic N) is 2. The van der Waals surface area contributed by atoms with Gasteiger partial charge in [-0.25, -0.2) is 4.98 Å². The standard InChI is InChI=1S/C31H37N5O2/c1-31(2)16-23-5-3-4-6-24(23)19-36(31)18-20-7-8-21-14-26(29(32)37)28(15-27(21)33-11-9-20)38-25-13-22-10-12-34-30(22)35-17-25/h3-6,10,12-15,17,20-21,27,33H,7-9,11,16,18-19H2,1-2H3,(H2,32,37)(H,34,35). The van der Waals surface area contributed by atoms with Crippen molar-refractivity contribution in [3.8, 4) is 5.75 Å². The van der Waals surface area contributed by atoms with Crippen molar-refractivity contribution in [1.29, 1.82) is 0 Å². The van der Waals surface area contributed by atoms with Crippen LogP contribution in [0.2, 0.25) is 0 Å². The maximum Gasteiger partial charge on any atom is 0.252 e. The zero-order valence-electron chi connectivity index (χ0n) is 22.2. The molecule has 1 aliphatic carbocycles. The van der Waals surface area contributed by atoms with Crippen LogP contribution < -0.4 is 15.8 Å². The minimum absolute atomic E-state index is 0.108. The molecule has 2 aliphatic heterocycles. The smallest absolute Gasteiger partial charge is 0.252 e. The molecule has 0 radical (unpaired) electrons. The highest BCUT2D eigenvalue weighted by atomic mass is 16.5. The number of aromatic amines is 1. The van der Waals surface area contributed by atoms with E-state index in [1.807, 2.05) is 30.5 Å². The van der Waals surface area contributed by atoms with Crippen LogP contribution in [0.15, 0.2) is 72.3 Å². The van der Waals surface area contributed by atoms with Gasteiger partial charge in [-0.1, -0.05) is 30.3 Å². The molecule has 38 heavy (non-hydrogen) atoms. The SMILES string of the molecule is CC1(C)Cc2ccccc2CN1CC1CCNC2C=C(Oc3cnc4[nH]ccc4c3)C(C(N)=O)=CC2CC1. The number of hydrogen-bond acceptors (Lipinski definition) is 5. The third kappa shape index (κ3) is 5.00. The largest absolute Gasteiger partial charge is 0.455 e. The van der Waals surface area contributed by atoms with Crippen LogP contribution in [0.4, 0.5) is 0 Å². The number of nitrogens with one attached hydrogen (secondary N) is 2. The number of carbonyl (C=O) groups excluding carboxylic acids is 1. The van der Waals surface area contributed by atoms with Crippen molar-refractivity contribution in [2.45, 2.75) is 57.7 Å². The number of pyridine rings is 1. The zero-order chi connectivity index (χ0) is 26.3. The summed E-state index contributed by atoms with van der Waals surface area (Å²) in [5.74, 6) is 1.43. The van der Waals surface area contributed by atoms with E-state index >= 15 is 0 Å². The predicted molar refractivity (Wildman–Crippen MR) is 149 cm³/mol. The number of nitrogens with two attached hydrogens (primary N) is 1. The first-order valence-corrected chi connectivity index (χ1v) is 13.8. The fraction of sp³-hybridized carbons (Fsp3) is 0.419. The Balaban J connectivity index is 1.15. The molecule has 0 spiro atoms. The minimum atomic E-state index is -0.460. The molecule has 3 aromatic rings. The Morgan fingerprint density at radius 1 is 1.16 bits per heavy atom. The second-order valence-electron chi connectivity index (χ2n) is 11.7. The summed E-state index contributed by atoms with van der Waals surface area (Å²) >= 11 is 0. The summed E-state index contributed by atoms with van der Waals surface area (Å²) in [5.41, 5.74) is 10.2. The van der Waals surface area contributed by atoms with Crippen LogP contribution in [0, 0.1) is 11.8 Å². The summed E-state index contributed by atoms with van der Waals surface area (Å²) in [7, 11) is 0. The van der Waals surface area contributed by atoms with E-state index in [1.165, 1.54) is 11.1 Å². The summed E-state index contributed by atoms with van der Waals surface area (Å²) < 4.78 is 6.17. The van der Waals surface area contributed by atoms with Crippen LogP contribution in [0.5, 0.6) is 5.75 Å². The Bertz CT molecular complexity index is 1400. The lowest BCUT2D eigenvalue weighted by Gasteiger charge is -2.45. The van der Waals surface area contributed by atoms with Gasteiger partial charge in [0.05, 0.1) is 11.8 Å². The van der Waals surface area contributed by atoms with Gasteiger partial charge in [0.25, 0.3) is 5.91 Å². The molecule has 6 rings (SSSR count). The topological polar surface area (TPSA) is 96.3 Å². The van der Waals surface area contributed by atoms with E-state index in [0.29, 0.717) is 23.0 Å². The molecule has 1 amide bonds. The van der Waals surface area contributed by atoms with Crippen LogP contribution in [0.25, 0.3) is 11.0 Å². The van der Waals surface area contributed by atoms with E-state index in [-0.39, 0.29) is 17.5 Å². The van der Waals surface area contributed by atoms with Gasteiger partial charge in [-0.3, -0.25) is 9.69 Å². The first kappa shape index (κ1) is 24.9. The molecule has 1 saturated heterocycles. The predicted octanol–water partition coefficient (Wildman–Crippen LogP) is 4.46.